The van der Waals surface area contributed by atoms with Crippen molar-refractivity contribution in [3.05, 3.63) is 48.1 Å². The summed E-state index contributed by atoms with van der Waals surface area (Å²) >= 11 is 0. The maximum atomic E-state index is 13.7. The molecule has 2 rings (SSSR count). The fourth-order valence-corrected chi connectivity index (χ4v) is 2.17. The minimum Gasteiger partial charge on any atom is -0.314 e. The molecule has 1 heterocycles. The largest absolute Gasteiger partial charge is 0.314 e. The van der Waals surface area contributed by atoms with Crippen LogP contribution in [0.25, 0.3) is 0 Å². The number of halogens is 3. The van der Waals surface area contributed by atoms with E-state index in [-0.39, 0.29) is 24.3 Å². The number of nitrogens with zero attached hydrogens (tertiary/aromatic N) is 1. The van der Waals surface area contributed by atoms with Gasteiger partial charge in [-0.05, 0) is 18.2 Å². The molecule has 0 saturated carbocycles. The van der Waals surface area contributed by atoms with Crippen LogP contribution in [0, 0.1) is 11.6 Å². The summed E-state index contributed by atoms with van der Waals surface area (Å²) in [6.45, 7) is 7.08. The molecule has 1 aliphatic rings. The highest BCUT2D eigenvalue weighted by Crippen LogP contribution is 2.25. The van der Waals surface area contributed by atoms with Crippen LogP contribution in [-0.2, 0) is 0 Å². The van der Waals surface area contributed by atoms with Gasteiger partial charge in [-0.3, -0.25) is 4.90 Å². The van der Waals surface area contributed by atoms with Gasteiger partial charge in [-0.1, -0.05) is 6.08 Å². The van der Waals surface area contributed by atoms with Crippen molar-refractivity contribution in [3.8, 4) is 0 Å². The first-order valence-corrected chi connectivity index (χ1v) is 5.74. The van der Waals surface area contributed by atoms with Gasteiger partial charge >= 0.3 is 0 Å². The highest BCUT2D eigenvalue weighted by atomic mass is 35.5. The van der Waals surface area contributed by atoms with Crippen LogP contribution in [0.3, 0.4) is 0 Å². The van der Waals surface area contributed by atoms with Crippen molar-refractivity contribution in [2.24, 2.45) is 0 Å². The molecule has 0 aromatic heterocycles. The lowest BCUT2D eigenvalue weighted by molar-refractivity contribution is 0.200. The Balaban J connectivity index is 0.00000162. The fraction of sp³-hybridized carbons (Fsp3) is 0.385. The van der Waals surface area contributed by atoms with Crippen molar-refractivity contribution in [1.82, 2.24) is 10.2 Å². The number of nitrogens with one attached hydrogen (secondary N) is 1. The summed E-state index contributed by atoms with van der Waals surface area (Å²) in [5.41, 5.74) is 0.363. The van der Waals surface area contributed by atoms with Crippen molar-refractivity contribution < 1.29 is 8.78 Å². The number of hydrogen-bond acceptors (Lipinski definition) is 2. The molecular formula is C13H17ClF2N2. The smallest absolute Gasteiger partial charge is 0.128 e. The maximum absolute atomic E-state index is 13.7. The summed E-state index contributed by atoms with van der Waals surface area (Å²) in [5, 5.41) is 3.23. The highest BCUT2D eigenvalue weighted by molar-refractivity contribution is 5.85. The monoisotopic (exact) mass is 274 g/mol. The van der Waals surface area contributed by atoms with E-state index < -0.39 is 5.82 Å². The minimum atomic E-state index is -0.414. The first-order valence-electron chi connectivity index (χ1n) is 5.74. The molecule has 1 aliphatic heterocycles. The molecule has 0 radical (unpaired) electrons. The lowest BCUT2D eigenvalue weighted by atomic mass is 10.0. The second-order valence-electron chi connectivity index (χ2n) is 4.13. The van der Waals surface area contributed by atoms with E-state index >= 15 is 0 Å². The lowest BCUT2D eigenvalue weighted by Gasteiger charge is -2.33. The minimum absolute atomic E-state index is 0. The predicted octanol–water partition coefficient (Wildman–Crippen LogP) is 2.52. The van der Waals surface area contributed by atoms with Gasteiger partial charge in [-0.15, -0.1) is 19.0 Å². The van der Waals surface area contributed by atoms with E-state index in [1.807, 2.05) is 0 Å². The normalized spacial score (nSPS) is 17.9. The van der Waals surface area contributed by atoms with Gasteiger partial charge in [0.2, 0.25) is 0 Å². The van der Waals surface area contributed by atoms with Gasteiger partial charge in [0.05, 0.1) is 6.04 Å². The third kappa shape index (κ3) is 3.28. The summed E-state index contributed by atoms with van der Waals surface area (Å²) in [4.78, 5) is 2.10. The Hall–Kier alpha value is -0.970. The van der Waals surface area contributed by atoms with E-state index in [2.05, 4.69) is 16.8 Å². The van der Waals surface area contributed by atoms with Crippen LogP contribution >= 0.6 is 12.4 Å². The third-order valence-electron chi connectivity index (χ3n) is 3.04. The Labute approximate surface area is 112 Å². The lowest BCUT2D eigenvalue weighted by Crippen LogP contribution is -2.44. The first kappa shape index (κ1) is 15.1. The van der Waals surface area contributed by atoms with Gasteiger partial charge in [0.15, 0.2) is 0 Å². The first-order chi connectivity index (χ1) is 8.22. The Kier molecular flexibility index (Phi) is 5.72. The van der Waals surface area contributed by atoms with E-state index in [9.17, 15) is 8.78 Å². The van der Waals surface area contributed by atoms with Crippen molar-refractivity contribution in [2.45, 2.75) is 6.04 Å². The van der Waals surface area contributed by atoms with E-state index in [0.29, 0.717) is 5.56 Å². The van der Waals surface area contributed by atoms with Crippen molar-refractivity contribution in [2.75, 3.05) is 26.2 Å². The average Bonchev–Trinajstić information content (AvgIpc) is 2.36. The van der Waals surface area contributed by atoms with E-state index in [4.69, 9.17) is 0 Å². The topological polar surface area (TPSA) is 15.3 Å². The maximum Gasteiger partial charge on any atom is 0.128 e. The summed E-state index contributed by atoms with van der Waals surface area (Å²) in [6, 6.07) is 3.30. The van der Waals surface area contributed by atoms with Crippen LogP contribution in [0.1, 0.15) is 11.6 Å². The summed E-state index contributed by atoms with van der Waals surface area (Å²) in [7, 11) is 0. The summed E-state index contributed by atoms with van der Waals surface area (Å²) in [5.74, 6) is -0.793. The van der Waals surface area contributed by atoms with Gasteiger partial charge in [0, 0.05) is 31.7 Å². The van der Waals surface area contributed by atoms with Crippen LogP contribution in [0.5, 0.6) is 0 Å². The van der Waals surface area contributed by atoms with Crippen molar-refractivity contribution >= 4 is 12.4 Å². The zero-order valence-electron chi connectivity index (χ0n) is 10.0. The second-order valence-corrected chi connectivity index (χ2v) is 4.13. The molecule has 18 heavy (non-hydrogen) atoms. The van der Waals surface area contributed by atoms with Crippen LogP contribution in [0.2, 0.25) is 0 Å². The Morgan fingerprint density at radius 2 is 1.94 bits per heavy atom. The fourth-order valence-electron chi connectivity index (χ4n) is 2.17. The molecule has 1 atom stereocenters. The molecule has 2 nitrogen and oxygen atoms in total. The zero-order valence-corrected chi connectivity index (χ0v) is 10.9. The Morgan fingerprint density at radius 3 is 2.56 bits per heavy atom. The molecule has 0 unspecified atom stereocenters. The molecule has 0 bridgehead atoms. The predicted molar refractivity (Wildman–Crippen MR) is 71.0 cm³/mol. The molecule has 1 N–H and O–H groups in total. The van der Waals surface area contributed by atoms with E-state index in [1.165, 1.54) is 12.1 Å². The number of piperazine rings is 1. The highest BCUT2D eigenvalue weighted by Gasteiger charge is 2.22. The zero-order chi connectivity index (χ0) is 12.3. The molecule has 1 aromatic carbocycles. The summed E-state index contributed by atoms with van der Waals surface area (Å²) < 4.78 is 26.9. The number of rotatable bonds is 3. The quantitative estimate of drug-likeness (QED) is 0.852. The Morgan fingerprint density at radius 1 is 1.28 bits per heavy atom. The molecule has 1 saturated heterocycles. The van der Waals surface area contributed by atoms with Gasteiger partial charge in [-0.25, -0.2) is 8.78 Å². The molecule has 1 aromatic rings. The molecule has 0 aliphatic carbocycles. The molecule has 5 heteroatoms. The third-order valence-corrected chi connectivity index (χ3v) is 3.04. The molecule has 0 amide bonds. The van der Waals surface area contributed by atoms with Crippen molar-refractivity contribution in [1.29, 1.82) is 0 Å². The van der Waals surface area contributed by atoms with Crippen LogP contribution in [-0.4, -0.2) is 31.1 Å². The number of hydrogen-bond donors (Lipinski definition) is 1. The molecule has 100 valence electrons. The van der Waals surface area contributed by atoms with E-state index in [0.717, 1.165) is 32.2 Å². The summed E-state index contributed by atoms with van der Waals surface area (Å²) in [6.07, 6.45) is 1.67. The van der Waals surface area contributed by atoms with E-state index in [1.54, 1.807) is 6.08 Å². The second kappa shape index (κ2) is 6.83. The average molecular weight is 275 g/mol. The molecule has 0 spiro atoms. The van der Waals surface area contributed by atoms with Crippen LogP contribution in [0.15, 0.2) is 30.9 Å². The van der Waals surface area contributed by atoms with Crippen molar-refractivity contribution in [3.63, 3.8) is 0 Å². The van der Waals surface area contributed by atoms with Gasteiger partial charge in [0.25, 0.3) is 0 Å². The van der Waals surface area contributed by atoms with Crippen LogP contribution in [0.4, 0.5) is 8.78 Å². The standard InChI is InChI=1S/C13H16F2N2.ClH/c1-2-13(17-7-5-16-6-8-17)11-9-10(14)3-4-12(11)15;/h2-4,9,13,16H,1,5-8H2;1H/t13-;/m1./s1. The Bertz CT molecular complexity index is 406. The molecule has 1 fully saturated rings. The van der Waals surface area contributed by atoms with Crippen LogP contribution < -0.4 is 5.32 Å². The van der Waals surface area contributed by atoms with Gasteiger partial charge < -0.3 is 5.32 Å². The van der Waals surface area contributed by atoms with Gasteiger partial charge in [0.1, 0.15) is 11.6 Å². The molecular weight excluding hydrogens is 258 g/mol. The van der Waals surface area contributed by atoms with Gasteiger partial charge in [-0.2, -0.15) is 0 Å². The SMILES string of the molecule is C=C[C@H](c1cc(F)ccc1F)N1CCNCC1.Cl. The number of benzene rings is 1.